The van der Waals surface area contributed by atoms with Gasteiger partial charge in [0.15, 0.2) is 0 Å². The lowest BCUT2D eigenvalue weighted by Gasteiger charge is -2.37. The van der Waals surface area contributed by atoms with Crippen LogP contribution in [0.15, 0.2) is 42.5 Å². The molecule has 1 atom stereocenters. The van der Waals surface area contributed by atoms with Crippen molar-refractivity contribution >= 4 is 23.4 Å². The van der Waals surface area contributed by atoms with Gasteiger partial charge in [-0.15, -0.1) is 0 Å². The fourth-order valence-corrected chi connectivity index (χ4v) is 5.50. The highest BCUT2D eigenvalue weighted by atomic mass is 35.5. The molecule has 1 heterocycles. The minimum atomic E-state index is -4.62. The maximum absolute atomic E-state index is 13.1. The van der Waals surface area contributed by atoms with Gasteiger partial charge in [0.05, 0.1) is 23.3 Å². The quantitative estimate of drug-likeness (QED) is 0.438. The van der Waals surface area contributed by atoms with Gasteiger partial charge in [-0.2, -0.15) is 13.2 Å². The van der Waals surface area contributed by atoms with Gasteiger partial charge in [-0.05, 0) is 75.3 Å². The van der Waals surface area contributed by atoms with Crippen LogP contribution in [0.25, 0.3) is 0 Å². The molecular weight excluding hydrogens is 521 g/mol. The van der Waals surface area contributed by atoms with Gasteiger partial charge in [-0.1, -0.05) is 29.8 Å². The van der Waals surface area contributed by atoms with E-state index in [9.17, 15) is 27.9 Å². The Balaban J connectivity index is 1.25. The van der Waals surface area contributed by atoms with E-state index in [1.54, 1.807) is 12.1 Å². The maximum atomic E-state index is 13.1. The van der Waals surface area contributed by atoms with Crippen LogP contribution in [0.1, 0.15) is 60.5 Å². The van der Waals surface area contributed by atoms with Gasteiger partial charge >= 0.3 is 6.18 Å². The normalized spacial score (nSPS) is 23.9. The molecule has 0 aromatic heterocycles. The molecule has 4 rings (SSSR count). The van der Waals surface area contributed by atoms with E-state index in [2.05, 4.69) is 5.32 Å². The van der Waals surface area contributed by atoms with E-state index >= 15 is 0 Å². The average Bonchev–Trinajstić information content (AvgIpc) is 3.22. The smallest absolute Gasteiger partial charge is 0.417 e. The highest BCUT2D eigenvalue weighted by Crippen LogP contribution is 2.35. The first-order chi connectivity index (χ1) is 17.9. The van der Waals surface area contributed by atoms with E-state index in [-0.39, 0.29) is 31.0 Å². The summed E-state index contributed by atoms with van der Waals surface area (Å²) in [5.74, 6) is -0.381. The Bertz CT molecular complexity index is 1160. The van der Waals surface area contributed by atoms with Gasteiger partial charge in [0.2, 0.25) is 5.91 Å². The van der Waals surface area contributed by atoms with Gasteiger partial charge in [0.25, 0.3) is 5.91 Å². The molecule has 0 spiro atoms. The summed E-state index contributed by atoms with van der Waals surface area (Å²) in [5.41, 5.74) is -1.23. The zero-order chi connectivity index (χ0) is 27.5. The number of halogens is 4. The second-order valence-electron chi connectivity index (χ2n) is 10.4. The van der Waals surface area contributed by atoms with E-state index in [0.717, 1.165) is 37.0 Å². The van der Waals surface area contributed by atoms with Gasteiger partial charge in [-0.3, -0.25) is 9.59 Å². The number of benzene rings is 2. The molecule has 0 bridgehead atoms. The maximum Gasteiger partial charge on any atom is 0.417 e. The topological polar surface area (TPSA) is 78.9 Å². The van der Waals surface area contributed by atoms with Gasteiger partial charge in [0, 0.05) is 23.5 Å². The first-order valence-electron chi connectivity index (χ1n) is 12.8. The second-order valence-corrected chi connectivity index (χ2v) is 10.8. The van der Waals surface area contributed by atoms with Crippen LogP contribution in [0.4, 0.5) is 13.2 Å². The second kappa shape index (κ2) is 11.5. The Morgan fingerprint density at radius 2 is 1.89 bits per heavy atom. The number of ether oxygens (including phenoxy) is 1. The predicted molar refractivity (Wildman–Crippen MR) is 137 cm³/mol. The highest BCUT2D eigenvalue weighted by molar-refractivity contribution is 6.31. The molecule has 0 radical (unpaired) electrons. The summed E-state index contributed by atoms with van der Waals surface area (Å²) < 4.78 is 45.0. The zero-order valence-electron chi connectivity index (χ0n) is 21.2. The minimum absolute atomic E-state index is 0.00735. The van der Waals surface area contributed by atoms with E-state index in [1.807, 2.05) is 17.9 Å². The number of hydrogen-bond acceptors (Lipinski definition) is 4. The molecule has 1 aliphatic carbocycles. The van der Waals surface area contributed by atoms with Crippen molar-refractivity contribution in [1.29, 1.82) is 0 Å². The molecule has 1 aliphatic heterocycles. The van der Waals surface area contributed by atoms with Crippen molar-refractivity contribution in [3.8, 4) is 5.75 Å². The van der Waals surface area contributed by atoms with Gasteiger partial charge in [0.1, 0.15) is 12.4 Å². The number of carbonyl (C=O) groups is 2. The van der Waals surface area contributed by atoms with Crippen LogP contribution in [0.3, 0.4) is 0 Å². The zero-order valence-corrected chi connectivity index (χ0v) is 21.9. The number of nitrogens with zero attached hydrogens (tertiary/aromatic N) is 1. The van der Waals surface area contributed by atoms with Gasteiger partial charge in [-0.25, -0.2) is 0 Å². The Kier molecular flexibility index (Phi) is 8.57. The predicted octanol–water partition coefficient (Wildman–Crippen LogP) is 5.25. The number of nitrogens with one attached hydrogen (secondary N) is 1. The number of rotatable bonds is 8. The Hall–Kier alpha value is -2.78. The fourth-order valence-electron chi connectivity index (χ4n) is 5.26. The van der Waals surface area contributed by atoms with Crippen molar-refractivity contribution in [3.05, 3.63) is 64.2 Å². The number of hydrogen-bond donors (Lipinski definition) is 2. The summed E-state index contributed by atoms with van der Waals surface area (Å²) in [6.45, 7) is 2.61. The molecule has 2 amide bonds. The standard InChI is InChI=1S/C28H32ClF3N2O4/c1-27(37)11-8-20(9-12-27)34-14-10-19(26(34)36)16-18-6-7-21(17-24(18)29)38-15-13-33-25(35)22-4-2-3-5-23(22)28(30,31)32/h2-7,17,19-20,37H,8-16H2,1H3,(H,33,35). The van der Waals surface area contributed by atoms with Crippen LogP contribution in [-0.2, 0) is 17.4 Å². The highest BCUT2D eigenvalue weighted by Gasteiger charge is 2.39. The Morgan fingerprint density at radius 3 is 2.58 bits per heavy atom. The minimum Gasteiger partial charge on any atom is -0.492 e. The molecule has 2 aromatic rings. The monoisotopic (exact) mass is 552 g/mol. The molecule has 10 heteroatoms. The van der Waals surface area contributed by atoms with Gasteiger partial charge < -0.3 is 20.1 Å². The lowest BCUT2D eigenvalue weighted by Crippen LogP contribution is -2.43. The molecule has 1 saturated carbocycles. The van der Waals surface area contributed by atoms with E-state index < -0.39 is 28.8 Å². The molecule has 1 saturated heterocycles. The molecule has 2 fully saturated rings. The van der Waals surface area contributed by atoms with Crippen molar-refractivity contribution in [2.24, 2.45) is 5.92 Å². The third kappa shape index (κ3) is 6.80. The molecule has 2 aromatic carbocycles. The van der Waals surface area contributed by atoms with Crippen LogP contribution >= 0.6 is 11.6 Å². The van der Waals surface area contributed by atoms with E-state index in [0.29, 0.717) is 36.6 Å². The molecule has 6 nitrogen and oxygen atoms in total. The van der Waals surface area contributed by atoms with Crippen molar-refractivity contribution in [2.45, 2.75) is 63.3 Å². The van der Waals surface area contributed by atoms with Crippen LogP contribution in [-0.4, -0.2) is 53.2 Å². The first-order valence-corrected chi connectivity index (χ1v) is 13.2. The summed E-state index contributed by atoms with van der Waals surface area (Å²) in [6.07, 6.45) is -0.317. The number of amides is 2. The summed E-state index contributed by atoms with van der Waals surface area (Å²) >= 11 is 6.47. The summed E-state index contributed by atoms with van der Waals surface area (Å²) in [5, 5.41) is 13.1. The summed E-state index contributed by atoms with van der Waals surface area (Å²) in [4.78, 5) is 27.3. The molecule has 2 aliphatic rings. The third-order valence-corrected chi connectivity index (χ3v) is 7.80. The number of aliphatic hydroxyl groups is 1. The lowest BCUT2D eigenvalue weighted by molar-refractivity contribution is -0.138. The number of alkyl halides is 3. The largest absolute Gasteiger partial charge is 0.492 e. The summed E-state index contributed by atoms with van der Waals surface area (Å²) in [6, 6.07) is 9.96. The SMILES string of the molecule is CC1(O)CCC(N2CCC(Cc3ccc(OCCNC(=O)c4ccccc4C(F)(F)F)cc3Cl)C2=O)CC1. The van der Waals surface area contributed by atoms with Crippen LogP contribution in [0, 0.1) is 5.92 Å². The fraction of sp³-hybridized carbons (Fsp3) is 0.500. The molecule has 1 unspecified atom stereocenters. The van der Waals surface area contributed by atoms with Crippen LogP contribution in [0.2, 0.25) is 5.02 Å². The molecule has 38 heavy (non-hydrogen) atoms. The Morgan fingerprint density at radius 1 is 1.18 bits per heavy atom. The molecule has 206 valence electrons. The van der Waals surface area contributed by atoms with Crippen LogP contribution < -0.4 is 10.1 Å². The lowest BCUT2D eigenvalue weighted by atomic mass is 9.83. The third-order valence-electron chi connectivity index (χ3n) is 7.45. The Labute approximate surface area is 225 Å². The van der Waals surface area contributed by atoms with Crippen molar-refractivity contribution in [3.63, 3.8) is 0 Å². The summed E-state index contributed by atoms with van der Waals surface area (Å²) in [7, 11) is 0. The molecule has 2 N–H and O–H groups in total. The molecular formula is C28H32ClF3N2O4. The van der Waals surface area contributed by atoms with Crippen molar-refractivity contribution in [2.75, 3.05) is 19.7 Å². The van der Waals surface area contributed by atoms with Crippen molar-refractivity contribution < 1.29 is 32.6 Å². The van der Waals surface area contributed by atoms with E-state index in [1.165, 1.54) is 12.1 Å². The van der Waals surface area contributed by atoms with Crippen molar-refractivity contribution in [1.82, 2.24) is 10.2 Å². The van der Waals surface area contributed by atoms with E-state index in [4.69, 9.17) is 16.3 Å². The first kappa shape index (κ1) is 28.2. The average molecular weight is 553 g/mol. The number of carbonyl (C=O) groups excluding carboxylic acids is 2. The number of likely N-dealkylation sites (tertiary alicyclic amines) is 1. The van der Waals surface area contributed by atoms with Crippen LogP contribution in [0.5, 0.6) is 5.75 Å².